The minimum Gasteiger partial charge on any atom is -0.432 e. The number of rotatable bonds is 12. The summed E-state index contributed by atoms with van der Waals surface area (Å²) in [6.45, 7) is 4.74. The molecule has 1 fully saturated rings. The molecule has 1 aliphatic rings. The minimum atomic E-state index is -3.57. The number of Topliss-reactive ketones (excluding diaryl/α,β-unsaturated/α-hetero) is 1. The van der Waals surface area contributed by atoms with Crippen molar-refractivity contribution < 1.29 is 46.5 Å². The van der Waals surface area contributed by atoms with E-state index in [2.05, 4.69) is 5.32 Å². The third-order valence-corrected chi connectivity index (χ3v) is 10.2. The predicted octanol–water partition coefficient (Wildman–Crippen LogP) is 5.35. The van der Waals surface area contributed by atoms with Crippen LogP contribution in [0.4, 0.5) is 13.6 Å². The van der Waals surface area contributed by atoms with Crippen LogP contribution in [0.3, 0.4) is 0 Å². The van der Waals surface area contributed by atoms with E-state index in [-0.39, 0.29) is 53.9 Å². The van der Waals surface area contributed by atoms with Crippen LogP contribution in [-0.4, -0.2) is 71.0 Å². The second-order valence-electron chi connectivity index (χ2n) is 11.1. The standard InChI is InChI=1S/C31H35ClF2N3O8P/c1-5-46(42,44-17-43-31(41)45-18(2)3)22-9-10-23-24(19(4)38)15-36(26(23)12-22)16-28(39)37-14-21(33)11-27(37)30(40)35-13-20-7-6-8-25(32)29(20)34/h6-10,12,15,18,21,27H,5,11,13-14,16-17H2,1-4H3,(H,35,40)/t21-,27+,46?/m1/s1. The highest BCUT2D eigenvalue weighted by atomic mass is 35.5. The second kappa shape index (κ2) is 14.7. The quantitative estimate of drug-likeness (QED) is 0.117. The van der Waals surface area contributed by atoms with Crippen LogP contribution in [0.1, 0.15) is 50.0 Å². The summed E-state index contributed by atoms with van der Waals surface area (Å²) >= 11 is 5.81. The van der Waals surface area contributed by atoms with Crippen molar-refractivity contribution in [1.82, 2.24) is 14.8 Å². The van der Waals surface area contributed by atoms with Crippen molar-refractivity contribution in [3.63, 3.8) is 0 Å². The Hall–Kier alpha value is -3.80. The fraction of sp³-hybridized carbons (Fsp3) is 0.419. The molecule has 1 N–H and O–H groups in total. The van der Waals surface area contributed by atoms with E-state index in [4.69, 9.17) is 25.6 Å². The molecule has 1 unspecified atom stereocenters. The summed E-state index contributed by atoms with van der Waals surface area (Å²) in [6.07, 6.45) is -1.59. The van der Waals surface area contributed by atoms with Crippen LogP contribution >= 0.6 is 19.0 Å². The number of ketones is 1. The number of aromatic nitrogens is 1. The number of halogens is 3. The van der Waals surface area contributed by atoms with E-state index < -0.39 is 56.3 Å². The lowest BCUT2D eigenvalue weighted by molar-refractivity contribution is -0.139. The summed E-state index contributed by atoms with van der Waals surface area (Å²) in [6, 6.07) is 7.85. The summed E-state index contributed by atoms with van der Waals surface area (Å²) in [5.41, 5.74) is 0.807. The van der Waals surface area contributed by atoms with E-state index in [1.807, 2.05) is 0 Å². The van der Waals surface area contributed by atoms with Gasteiger partial charge in [-0.3, -0.25) is 23.5 Å². The predicted molar refractivity (Wildman–Crippen MR) is 167 cm³/mol. The molecule has 11 nitrogen and oxygen atoms in total. The van der Waals surface area contributed by atoms with Gasteiger partial charge in [-0.15, -0.1) is 0 Å². The zero-order chi connectivity index (χ0) is 33.8. The molecule has 1 aromatic heterocycles. The zero-order valence-corrected chi connectivity index (χ0v) is 27.4. The first-order chi connectivity index (χ1) is 21.7. The molecular weight excluding hydrogens is 647 g/mol. The Labute approximate surface area is 269 Å². The van der Waals surface area contributed by atoms with Gasteiger partial charge in [0.2, 0.25) is 26.0 Å². The molecule has 15 heteroatoms. The maximum atomic E-state index is 14.6. The van der Waals surface area contributed by atoms with Crippen molar-refractivity contribution in [2.75, 3.05) is 19.5 Å². The van der Waals surface area contributed by atoms with Gasteiger partial charge in [0, 0.05) is 47.1 Å². The molecular formula is C31H35ClF2N3O8P. The van der Waals surface area contributed by atoms with Crippen molar-refractivity contribution in [1.29, 1.82) is 0 Å². The number of hydrogen-bond donors (Lipinski definition) is 1. The van der Waals surface area contributed by atoms with Crippen LogP contribution in [0.15, 0.2) is 42.6 Å². The monoisotopic (exact) mass is 681 g/mol. The Balaban J connectivity index is 1.55. The molecule has 3 aromatic rings. The zero-order valence-electron chi connectivity index (χ0n) is 25.8. The number of amides is 2. The molecule has 0 aliphatic carbocycles. The van der Waals surface area contributed by atoms with Gasteiger partial charge in [-0.2, -0.15) is 0 Å². The normalized spacial score (nSPS) is 17.6. The number of carbonyl (C=O) groups excluding carboxylic acids is 4. The van der Waals surface area contributed by atoms with Gasteiger partial charge < -0.3 is 24.3 Å². The molecule has 46 heavy (non-hydrogen) atoms. The molecule has 2 aromatic carbocycles. The average molecular weight is 682 g/mol. The molecule has 3 atom stereocenters. The van der Waals surface area contributed by atoms with Gasteiger partial charge in [-0.1, -0.05) is 36.7 Å². The molecule has 4 rings (SSSR count). The average Bonchev–Trinajstić information content (AvgIpc) is 3.57. The van der Waals surface area contributed by atoms with Gasteiger partial charge >= 0.3 is 6.16 Å². The summed E-state index contributed by atoms with van der Waals surface area (Å²) in [5, 5.41) is 3.18. The number of likely N-dealkylation sites (tertiary alicyclic amines) is 1. The van der Waals surface area contributed by atoms with Crippen molar-refractivity contribution in [3.05, 3.63) is 64.6 Å². The van der Waals surface area contributed by atoms with E-state index >= 15 is 0 Å². The molecule has 0 spiro atoms. The number of fused-ring (bicyclic) bond motifs is 1. The highest BCUT2D eigenvalue weighted by Crippen LogP contribution is 2.46. The van der Waals surface area contributed by atoms with Crippen molar-refractivity contribution in [3.8, 4) is 0 Å². The molecule has 1 aliphatic heterocycles. The number of carbonyl (C=O) groups is 4. The number of nitrogens with one attached hydrogen (secondary N) is 1. The number of ether oxygens (including phenoxy) is 2. The molecule has 0 saturated carbocycles. The largest absolute Gasteiger partial charge is 0.510 e. The number of alkyl halides is 1. The van der Waals surface area contributed by atoms with Crippen LogP contribution in [-0.2, 0) is 41.2 Å². The van der Waals surface area contributed by atoms with E-state index in [1.165, 1.54) is 48.0 Å². The van der Waals surface area contributed by atoms with Gasteiger partial charge in [-0.25, -0.2) is 13.6 Å². The first-order valence-corrected chi connectivity index (χ1v) is 16.8. The molecule has 248 valence electrons. The Morgan fingerprint density at radius 1 is 1.17 bits per heavy atom. The fourth-order valence-electron chi connectivity index (χ4n) is 5.17. The van der Waals surface area contributed by atoms with E-state index in [9.17, 15) is 32.5 Å². The van der Waals surface area contributed by atoms with E-state index in [0.29, 0.717) is 16.5 Å². The minimum absolute atomic E-state index is 0.0435. The number of benzene rings is 2. The van der Waals surface area contributed by atoms with Crippen molar-refractivity contribution >= 4 is 58.9 Å². The molecule has 1 saturated heterocycles. The van der Waals surface area contributed by atoms with Crippen LogP contribution in [0.5, 0.6) is 0 Å². The summed E-state index contributed by atoms with van der Waals surface area (Å²) < 4.78 is 59.4. The van der Waals surface area contributed by atoms with Crippen LogP contribution < -0.4 is 10.6 Å². The Kier molecular flexibility index (Phi) is 11.2. The molecule has 0 radical (unpaired) electrons. The van der Waals surface area contributed by atoms with Gasteiger partial charge in [0.05, 0.1) is 23.2 Å². The van der Waals surface area contributed by atoms with Gasteiger partial charge in [-0.05, 0) is 39.0 Å². The summed E-state index contributed by atoms with van der Waals surface area (Å²) in [4.78, 5) is 51.9. The lowest BCUT2D eigenvalue weighted by atomic mass is 10.1. The Morgan fingerprint density at radius 3 is 2.59 bits per heavy atom. The van der Waals surface area contributed by atoms with Crippen LogP contribution in [0.25, 0.3) is 10.9 Å². The van der Waals surface area contributed by atoms with Gasteiger partial charge in [0.15, 0.2) is 5.78 Å². The van der Waals surface area contributed by atoms with Crippen molar-refractivity contribution in [2.24, 2.45) is 0 Å². The summed E-state index contributed by atoms with van der Waals surface area (Å²) in [5.74, 6) is -2.23. The van der Waals surface area contributed by atoms with Crippen LogP contribution in [0, 0.1) is 5.82 Å². The third-order valence-electron chi connectivity index (χ3n) is 7.49. The number of nitrogens with zero attached hydrogens (tertiary/aromatic N) is 2. The first kappa shape index (κ1) is 35.1. The maximum absolute atomic E-state index is 14.6. The van der Waals surface area contributed by atoms with Crippen LogP contribution in [0.2, 0.25) is 5.02 Å². The van der Waals surface area contributed by atoms with Crippen molar-refractivity contribution in [2.45, 2.75) is 65.5 Å². The number of hydrogen-bond acceptors (Lipinski definition) is 8. The highest BCUT2D eigenvalue weighted by molar-refractivity contribution is 7.66. The summed E-state index contributed by atoms with van der Waals surface area (Å²) in [7, 11) is -3.57. The SMILES string of the molecule is CCP(=O)(OCOC(=O)OC(C)C)c1ccc2c(C(C)=O)cn(CC(=O)N3C[C@H](F)C[C@H]3C(=O)NCc3cccc(Cl)c3F)c2c1. The highest BCUT2D eigenvalue weighted by Gasteiger charge is 2.40. The lowest BCUT2D eigenvalue weighted by Gasteiger charge is -2.24. The molecule has 2 amide bonds. The maximum Gasteiger partial charge on any atom is 0.510 e. The Bertz CT molecular complexity index is 1700. The van der Waals surface area contributed by atoms with E-state index in [0.717, 1.165) is 4.90 Å². The van der Waals surface area contributed by atoms with Gasteiger partial charge in [0.25, 0.3) is 0 Å². The lowest BCUT2D eigenvalue weighted by Crippen LogP contribution is -2.46. The molecule has 0 bridgehead atoms. The van der Waals surface area contributed by atoms with Gasteiger partial charge in [0.1, 0.15) is 24.6 Å². The topological polar surface area (TPSA) is 133 Å². The third kappa shape index (κ3) is 7.94. The smallest absolute Gasteiger partial charge is 0.432 e. The second-order valence-corrected chi connectivity index (χ2v) is 14.2. The molecule has 2 heterocycles. The van der Waals surface area contributed by atoms with E-state index in [1.54, 1.807) is 26.8 Å². The Morgan fingerprint density at radius 2 is 1.91 bits per heavy atom. The fourth-order valence-corrected chi connectivity index (χ4v) is 6.90. The first-order valence-electron chi connectivity index (χ1n) is 14.6.